The maximum Gasteiger partial charge on any atom is 0.248 e. The first kappa shape index (κ1) is 18.2. The van der Waals surface area contributed by atoms with Gasteiger partial charge in [-0.1, -0.05) is 6.07 Å². The molecule has 1 aliphatic rings. The lowest BCUT2D eigenvalue weighted by Crippen LogP contribution is -2.29. The van der Waals surface area contributed by atoms with Crippen LogP contribution in [0, 0.1) is 0 Å². The molecule has 9 heteroatoms. The number of nitrogens with one attached hydrogen (secondary N) is 1. The molecular formula is C21H22N8O. The third kappa shape index (κ3) is 3.24. The van der Waals surface area contributed by atoms with Crippen molar-refractivity contribution in [3.8, 4) is 5.69 Å². The van der Waals surface area contributed by atoms with Gasteiger partial charge >= 0.3 is 0 Å². The summed E-state index contributed by atoms with van der Waals surface area (Å²) in [6.45, 7) is 3.16. The summed E-state index contributed by atoms with van der Waals surface area (Å²) in [6, 6.07) is 11.4. The molecule has 30 heavy (non-hydrogen) atoms. The van der Waals surface area contributed by atoms with E-state index >= 15 is 0 Å². The highest BCUT2D eigenvalue weighted by Crippen LogP contribution is 2.26. The number of aromatic nitrogens is 5. The third-order valence-electron chi connectivity index (χ3n) is 5.45. The predicted octanol–water partition coefficient (Wildman–Crippen LogP) is 2.75. The number of hydrogen-bond acceptors (Lipinski definition) is 6. The molecule has 152 valence electrons. The average molecular weight is 402 g/mol. The number of nitrogens with two attached hydrogens (primary N) is 1. The van der Waals surface area contributed by atoms with Crippen molar-refractivity contribution in [3.05, 3.63) is 60.7 Å². The minimum atomic E-state index is -0.462. The Kier molecular flexibility index (Phi) is 4.35. The Morgan fingerprint density at radius 3 is 2.97 bits per heavy atom. The lowest BCUT2D eigenvalue weighted by atomic mass is 10.2. The fraction of sp³-hybridized carbons (Fsp3) is 0.238. The Labute approximate surface area is 173 Å². The van der Waals surface area contributed by atoms with Gasteiger partial charge < -0.3 is 20.5 Å². The number of carbonyl (C=O) groups excluding carboxylic acids is 1. The van der Waals surface area contributed by atoms with Gasteiger partial charge in [0.05, 0.1) is 6.20 Å². The van der Waals surface area contributed by atoms with Crippen LogP contribution in [0.5, 0.6) is 0 Å². The number of anilines is 3. The number of amides is 1. The second-order valence-corrected chi connectivity index (χ2v) is 7.49. The van der Waals surface area contributed by atoms with Gasteiger partial charge in [0.2, 0.25) is 11.9 Å². The minimum Gasteiger partial charge on any atom is -0.366 e. The zero-order valence-electron chi connectivity index (χ0n) is 16.6. The van der Waals surface area contributed by atoms with E-state index in [1.807, 2.05) is 39.7 Å². The van der Waals surface area contributed by atoms with Crippen molar-refractivity contribution >= 4 is 29.0 Å². The summed E-state index contributed by atoms with van der Waals surface area (Å²) in [5.41, 5.74) is 7.51. The Morgan fingerprint density at radius 2 is 2.17 bits per heavy atom. The Bertz CT molecular complexity index is 1230. The fourth-order valence-electron chi connectivity index (χ4n) is 3.84. The van der Waals surface area contributed by atoms with Crippen molar-refractivity contribution in [1.82, 2.24) is 24.1 Å². The Balaban J connectivity index is 1.47. The summed E-state index contributed by atoms with van der Waals surface area (Å²) in [7, 11) is 0. The van der Waals surface area contributed by atoms with Gasteiger partial charge in [-0.15, -0.1) is 5.10 Å². The molecule has 1 atom stereocenters. The number of benzene rings is 1. The summed E-state index contributed by atoms with van der Waals surface area (Å²) < 4.78 is 3.66. The van der Waals surface area contributed by atoms with Crippen LogP contribution in [0.15, 0.2) is 55.1 Å². The van der Waals surface area contributed by atoms with Crippen LogP contribution in [0.4, 0.5) is 17.6 Å². The number of imidazole rings is 1. The standard InChI is InChI=1S/C21H22N8O/c1-14-5-3-9-28(14)21-25-20(17-8-4-10-29(17)26-21)24-18-12-27(13-23-18)16-7-2-6-15(11-16)19(22)30/h2,4,6-8,10-14H,3,5,9H2,1H3,(H2,22,30)(H,24,25,26)/t14-/m1/s1. The van der Waals surface area contributed by atoms with E-state index in [4.69, 9.17) is 10.7 Å². The lowest BCUT2D eigenvalue weighted by Gasteiger charge is -2.22. The van der Waals surface area contributed by atoms with Crippen molar-refractivity contribution in [2.45, 2.75) is 25.8 Å². The summed E-state index contributed by atoms with van der Waals surface area (Å²) >= 11 is 0. The molecule has 1 fully saturated rings. The molecule has 4 aromatic rings. The second-order valence-electron chi connectivity index (χ2n) is 7.49. The van der Waals surface area contributed by atoms with Crippen LogP contribution in [-0.4, -0.2) is 42.6 Å². The van der Waals surface area contributed by atoms with E-state index in [-0.39, 0.29) is 0 Å². The molecule has 0 bridgehead atoms. The fourth-order valence-corrected chi connectivity index (χ4v) is 3.84. The molecule has 3 aromatic heterocycles. The first-order valence-electron chi connectivity index (χ1n) is 9.92. The minimum absolute atomic E-state index is 0.419. The van der Waals surface area contributed by atoms with E-state index in [0.717, 1.165) is 30.6 Å². The monoisotopic (exact) mass is 402 g/mol. The van der Waals surface area contributed by atoms with Crippen molar-refractivity contribution in [1.29, 1.82) is 0 Å². The molecule has 0 radical (unpaired) electrons. The second kappa shape index (κ2) is 7.18. The first-order valence-corrected chi connectivity index (χ1v) is 9.92. The first-order chi connectivity index (χ1) is 14.6. The molecule has 4 heterocycles. The van der Waals surface area contributed by atoms with Crippen molar-refractivity contribution < 1.29 is 4.79 Å². The molecule has 1 aliphatic heterocycles. The van der Waals surface area contributed by atoms with E-state index in [0.29, 0.717) is 29.2 Å². The molecule has 0 aliphatic carbocycles. The van der Waals surface area contributed by atoms with E-state index in [2.05, 4.69) is 27.2 Å². The van der Waals surface area contributed by atoms with Gasteiger partial charge in [-0.25, -0.2) is 9.50 Å². The highest BCUT2D eigenvalue weighted by atomic mass is 16.1. The van der Waals surface area contributed by atoms with Crippen molar-refractivity contribution in [2.24, 2.45) is 5.73 Å². The van der Waals surface area contributed by atoms with Crippen LogP contribution in [0.25, 0.3) is 11.2 Å². The molecule has 1 aromatic carbocycles. The van der Waals surface area contributed by atoms with Gasteiger partial charge in [0.25, 0.3) is 0 Å². The normalized spacial score (nSPS) is 16.3. The maximum atomic E-state index is 11.5. The summed E-state index contributed by atoms with van der Waals surface area (Å²) in [5.74, 6) is 1.58. The number of nitrogens with zero attached hydrogens (tertiary/aromatic N) is 6. The maximum absolute atomic E-state index is 11.5. The third-order valence-corrected chi connectivity index (χ3v) is 5.45. The molecule has 1 amide bonds. The van der Waals surface area contributed by atoms with Crippen molar-refractivity contribution in [2.75, 3.05) is 16.8 Å². The van der Waals surface area contributed by atoms with E-state index in [9.17, 15) is 4.79 Å². The van der Waals surface area contributed by atoms with Crippen LogP contribution in [0.1, 0.15) is 30.1 Å². The van der Waals surface area contributed by atoms with Gasteiger partial charge in [0.15, 0.2) is 5.82 Å². The molecule has 5 rings (SSSR count). The van der Waals surface area contributed by atoms with Crippen LogP contribution >= 0.6 is 0 Å². The van der Waals surface area contributed by atoms with Gasteiger partial charge in [-0.2, -0.15) is 4.98 Å². The van der Waals surface area contributed by atoms with E-state index < -0.39 is 5.91 Å². The van der Waals surface area contributed by atoms with Crippen LogP contribution < -0.4 is 16.0 Å². The number of carbonyl (C=O) groups is 1. The summed E-state index contributed by atoms with van der Waals surface area (Å²) in [5, 5.41) is 7.99. The number of fused-ring (bicyclic) bond motifs is 1. The quantitative estimate of drug-likeness (QED) is 0.532. The summed E-state index contributed by atoms with van der Waals surface area (Å²) in [6.07, 6.45) is 7.74. The number of hydrogen-bond donors (Lipinski definition) is 2. The van der Waals surface area contributed by atoms with Crippen molar-refractivity contribution in [3.63, 3.8) is 0 Å². The molecule has 3 N–H and O–H groups in total. The molecule has 0 saturated carbocycles. The summed E-state index contributed by atoms with van der Waals surface area (Å²) in [4.78, 5) is 22.9. The highest BCUT2D eigenvalue weighted by molar-refractivity contribution is 5.93. The highest BCUT2D eigenvalue weighted by Gasteiger charge is 2.24. The van der Waals surface area contributed by atoms with Gasteiger partial charge in [-0.3, -0.25) is 4.79 Å². The van der Waals surface area contributed by atoms with Crippen LogP contribution in [0.2, 0.25) is 0 Å². The molecule has 1 saturated heterocycles. The zero-order chi connectivity index (χ0) is 20.7. The van der Waals surface area contributed by atoms with Gasteiger partial charge in [0, 0.05) is 30.0 Å². The number of primary amides is 1. The molecular weight excluding hydrogens is 380 g/mol. The molecule has 9 nitrogen and oxygen atoms in total. The average Bonchev–Trinajstić information content (AvgIpc) is 3.48. The SMILES string of the molecule is C[C@@H]1CCCN1c1nc(Nc2cn(-c3cccc(C(N)=O)c3)cn2)c2cccn2n1. The molecule has 0 spiro atoms. The topological polar surface area (TPSA) is 106 Å². The lowest BCUT2D eigenvalue weighted by molar-refractivity contribution is 0.1000. The smallest absolute Gasteiger partial charge is 0.248 e. The number of rotatable bonds is 5. The van der Waals surface area contributed by atoms with Crippen LogP contribution in [0.3, 0.4) is 0 Å². The Morgan fingerprint density at radius 1 is 1.27 bits per heavy atom. The largest absolute Gasteiger partial charge is 0.366 e. The van der Waals surface area contributed by atoms with Gasteiger partial charge in [-0.05, 0) is 50.1 Å². The molecule has 0 unspecified atom stereocenters. The Hall–Kier alpha value is -3.88. The van der Waals surface area contributed by atoms with E-state index in [1.165, 1.54) is 0 Å². The zero-order valence-corrected chi connectivity index (χ0v) is 16.6. The predicted molar refractivity (Wildman–Crippen MR) is 114 cm³/mol. The van der Waals surface area contributed by atoms with E-state index in [1.54, 1.807) is 24.5 Å². The van der Waals surface area contributed by atoms with Gasteiger partial charge in [0.1, 0.15) is 17.7 Å². The van der Waals surface area contributed by atoms with Crippen LogP contribution in [-0.2, 0) is 0 Å².